The van der Waals surface area contributed by atoms with Gasteiger partial charge in [-0.15, -0.1) is 0 Å². The Kier molecular flexibility index (Phi) is 8.82. The molecule has 0 fully saturated rings. The Bertz CT molecular complexity index is 1020. The number of hydrogen-bond acceptors (Lipinski definition) is 5. The van der Waals surface area contributed by atoms with Crippen molar-refractivity contribution >= 4 is 6.09 Å². The fraction of sp³-hybridized carbons (Fsp3) is 0.321. The van der Waals surface area contributed by atoms with Crippen LogP contribution in [0.25, 0.3) is 11.1 Å². The number of aliphatic hydroxyl groups is 1. The topological polar surface area (TPSA) is 87.8 Å². The molecule has 0 unspecified atom stereocenters. The van der Waals surface area contributed by atoms with Crippen LogP contribution in [0.4, 0.5) is 4.79 Å². The van der Waals surface area contributed by atoms with Crippen molar-refractivity contribution in [2.75, 3.05) is 6.54 Å². The number of benzene rings is 3. The van der Waals surface area contributed by atoms with Crippen molar-refractivity contribution < 1.29 is 14.6 Å². The lowest BCUT2D eigenvalue weighted by atomic mass is 10.0. The van der Waals surface area contributed by atoms with Crippen molar-refractivity contribution in [3.63, 3.8) is 0 Å². The third-order valence-corrected chi connectivity index (χ3v) is 5.30. The van der Waals surface area contributed by atoms with Gasteiger partial charge >= 0.3 is 6.09 Å². The summed E-state index contributed by atoms with van der Waals surface area (Å²) in [6, 6.07) is 27.6. The minimum atomic E-state index is -0.848. The maximum Gasteiger partial charge on any atom is 0.422 e. The van der Waals surface area contributed by atoms with Crippen molar-refractivity contribution in [1.82, 2.24) is 10.4 Å². The average Bonchev–Trinajstić information content (AvgIpc) is 2.79. The first-order chi connectivity index (χ1) is 16.2. The standard InChI is InChI=1S/C28H35N3O3/c1-28(2,3)34-27(33)30-31(20-26(32)25(29)18-21-10-6-4-7-11-21)19-22-14-16-24(17-15-22)23-12-8-5-9-13-23/h4-17,25-26,32H,18-20,29H2,1-3H3,(H,30,33)/t25-,26-/m0/s1. The van der Waals surface area contributed by atoms with Crippen LogP contribution in [0.1, 0.15) is 31.9 Å². The number of amides is 1. The van der Waals surface area contributed by atoms with E-state index in [1.165, 1.54) is 0 Å². The lowest BCUT2D eigenvalue weighted by molar-refractivity contribution is 0.0171. The van der Waals surface area contributed by atoms with Gasteiger partial charge in [0, 0.05) is 19.1 Å². The summed E-state index contributed by atoms with van der Waals surface area (Å²) < 4.78 is 5.42. The number of nitrogens with one attached hydrogen (secondary N) is 1. The molecule has 0 aliphatic carbocycles. The van der Waals surface area contributed by atoms with Crippen molar-refractivity contribution in [3.05, 3.63) is 96.1 Å². The maximum absolute atomic E-state index is 12.5. The van der Waals surface area contributed by atoms with Gasteiger partial charge in [0.15, 0.2) is 0 Å². The first kappa shape index (κ1) is 25.4. The van der Waals surface area contributed by atoms with E-state index in [-0.39, 0.29) is 6.54 Å². The molecular weight excluding hydrogens is 426 g/mol. The van der Waals surface area contributed by atoms with Gasteiger partial charge in [0.2, 0.25) is 0 Å². The smallest absolute Gasteiger partial charge is 0.422 e. The molecule has 2 atom stereocenters. The molecular formula is C28H35N3O3. The van der Waals surface area contributed by atoms with Crippen LogP contribution in [0.5, 0.6) is 0 Å². The Morgan fingerprint density at radius 3 is 2.06 bits per heavy atom. The largest absolute Gasteiger partial charge is 0.443 e. The summed E-state index contributed by atoms with van der Waals surface area (Å²) >= 11 is 0. The molecule has 0 aliphatic heterocycles. The van der Waals surface area contributed by atoms with Crippen molar-refractivity contribution in [2.24, 2.45) is 5.73 Å². The Morgan fingerprint density at radius 1 is 0.912 bits per heavy atom. The maximum atomic E-state index is 12.5. The fourth-order valence-corrected chi connectivity index (χ4v) is 3.62. The summed E-state index contributed by atoms with van der Waals surface area (Å²) in [5, 5.41) is 12.5. The molecule has 0 heterocycles. The molecule has 0 saturated heterocycles. The van der Waals surface area contributed by atoms with Gasteiger partial charge in [-0.2, -0.15) is 0 Å². The molecule has 0 saturated carbocycles. The molecule has 34 heavy (non-hydrogen) atoms. The molecule has 180 valence electrons. The first-order valence-electron chi connectivity index (χ1n) is 11.6. The van der Waals surface area contributed by atoms with E-state index < -0.39 is 23.8 Å². The molecule has 0 radical (unpaired) electrons. The van der Waals surface area contributed by atoms with Gasteiger partial charge in [-0.05, 0) is 49.4 Å². The molecule has 3 aromatic carbocycles. The SMILES string of the molecule is CC(C)(C)OC(=O)NN(Cc1ccc(-c2ccccc2)cc1)C[C@H](O)[C@@H](N)Cc1ccccc1. The summed E-state index contributed by atoms with van der Waals surface area (Å²) in [5.74, 6) is 0. The summed E-state index contributed by atoms with van der Waals surface area (Å²) in [7, 11) is 0. The average molecular weight is 462 g/mol. The highest BCUT2D eigenvalue weighted by molar-refractivity contribution is 5.67. The molecule has 4 N–H and O–H groups in total. The highest BCUT2D eigenvalue weighted by Crippen LogP contribution is 2.20. The van der Waals surface area contributed by atoms with Gasteiger partial charge < -0.3 is 15.6 Å². The van der Waals surface area contributed by atoms with Gasteiger partial charge in [-0.3, -0.25) is 5.43 Å². The third-order valence-electron chi connectivity index (χ3n) is 5.30. The zero-order chi connectivity index (χ0) is 24.6. The van der Waals surface area contributed by atoms with Gasteiger partial charge in [0.05, 0.1) is 6.10 Å². The van der Waals surface area contributed by atoms with E-state index in [4.69, 9.17) is 10.5 Å². The second kappa shape index (κ2) is 11.8. The van der Waals surface area contributed by atoms with Gasteiger partial charge in [0.1, 0.15) is 5.60 Å². The lowest BCUT2D eigenvalue weighted by Crippen LogP contribution is -2.51. The number of carbonyl (C=O) groups excluding carboxylic acids is 1. The molecule has 6 nitrogen and oxygen atoms in total. The highest BCUT2D eigenvalue weighted by Gasteiger charge is 2.23. The van der Waals surface area contributed by atoms with E-state index in [0.29, 0.717) is 13.0 Å². The molecule has 0 bridgehead atoms. The first-order valence-corrected chi connectivity index (χ1v) is 11.6. The summed E-state index contributed by atoms with van der Waals surface area (Å²) in [4.78, 5) is 12.5. The van der Waals surface area contributed by atoms with Crippen LogP contribution in [0, 0.1) is 0 Å². The zero-order valence-electron chi connectivity index (χ0n) is 20.1. The predicted octanol–water partition coefficient (Wildman–Crippen LogP) is 4.53. The van der Waals surface area contributed by atoms with Crippen molar-refractivity contribution in [3.8, 4) is 11.1 Å². The molecule has 3 rings (SSSR count). The normalized spacial score (nSPS) is 13.4. The fourth-order valence-electron chi connectivity index (χ4n) is 3.62. The third kappa shape index (κ3) is 8.30. The Labute approximate surface area is 202 Å². The van der Waals surface area contributed by atoms with Crippen LogP contribution in [0.3, 0.4) is 0 Å². The second-order valence-corrected chi connectivity index (χ2v) is 9.48. The lowest BCUT2D eigenvalue weighted by Gasteiger charge is -2.29. The Hall–Kier alpha value is -3.19. The van der Waals surface area contributed by atoms with Gasteiger partial charge in [0.25, 0.3) is 0 Å². The van der Waals surface area contributed by atoms with E-state index >= 15 is 0 Å². The molecule has 0 spiro atoms. The summed E-state index contributed by atoms with van der Waals surface area (Å²) in [6.07, 6.45) is -0.885. The van der Waals surface area contributed by atoms with E-state index in [2.05, 4.69) is 17.6 Å². The van der Waals surface area contributed by atoms with E-state index in [1.807, 2.05) is 93.6 Å². The number of ether oxygens (including phenoxy) is 1. The van der Waals surface area contributed by atoms with Crippen LogP contribution in [0.2, 0.25) is 0 Å². The van der Waals surface area contributed by atoms with E-state index in [1.54, 1.807) is 5.01 Å². The van der Waals surface area contributed by atoms with Crippen LogP contribution in [-0.4, -0.2) is 40.5 Å². The number of aliphatic hydroxyl groups excluding tert-OH is 1. The van der Waals surface area contributed by atoms with E-state index in [0.717, 1.165) is 22.3 Å². The number of hydrogen-bond donors (Lipinski definition) is 3. The minimum absolute atomic E-state index is 0.160. The zero-order valence-corrected chi connectivity index (χ0v) is 20.1. The number of nitrogens with zero attached hydrogens (tertiary/aromatic N) is 1. The quantitative estimate of drug-likeness (QED) is 0.408. The van der Waals surface area contributed by atoms with Crippen molar-refractivity contribution in [2.45, 2.75) is 51.5 Å². The minimum Gasteiger partial charge on any atom is -0.443 e. The molecule has 0 aromatic heterocycles. The summed E-state index contributed by atoms with van der Waals surface area (Å²) in [5.41, 5.74) is 12.7. The molecule has 1 amide bonds. The van der Waals surface area contributed by atoms with E-state index in [9.17, 15) is 9.90 Å². The number of rotatable bonds is 9. The van der Waals surface area contributed by atoms with Crippen LogP contribution >= 0.6 is 0 Å². The summed E-state index contributed by atoms with van der Waals surface area (Å²) in [6.45, 7) is 5.98. The van der Waals surface area contributed by atoms with Gasteiger partial charge in [-0.25, -0.2) is 9.80 Å². The van der Waals surface area contributed by atoms with Gasteiger partial charge in [-0.1, -0.05) is 84.9 Å². The number of carbonyl (C=O) groups is 1. The second-order valence-electron chi connectivity index (χ2n) is 9.48. The van der Waals surface area contributed by atoms with Crippen molar-refractivity contribution in [1.29, 1.82) is 0 Å². The highest BCUT2D eigenvalue weighted by atomic mass is 16.6. The molecule has 0 aliphatic rings. The molecule has 6 heteroatoms. The monoisotopic (exact) mass is 461 g/mol. The number of hydrazine groups is 1. The van der Waals surface area contributed by atoms with Crippen LogP contribution in [-0.2, 0) is 17.7 Å². The Morgan fingerprint density at radius 2 is 1.47 bits per heavy atom. The van der Waals surface area contributed by atoms with Crippen LogP contribution in [0.15, 0.2) is 84.9 Å². The Balaban J connectivity index is 1.69. The van der Waals surface area contributed by atoms with Crippen LogP contribution < -0.4 is 11.2 Å². The molecule has 3 aromatic rings. The predicted molar refractivity (Wildman–Crippen MR) is 136 cm³/mol. The number of nitrogens with two attached hydrogens (primary N) is 1.